The largest absolute Gasteiger partial charge is 0.394 e. The van der Waals surface area contributed by atoms with Crippen molar-refractivity contribution in [1.29, 1.82) is 0 Å². The van der Waals surface area contributed by atoms with E-state index in [-0.39, 0.29) is 24.6 Å². The van der Waals surface area contributed by atoms with Crippen LogP contribution in [0.3, 0.4) is 0 Å². The first-order chi connectivity index (χ1) is 9.10. The molecular formula is C14H22N2O2S. The van der Waals surface area contributed by atoms with Crippen LogP contribution in [0.1, 0.15) is 35.6 Å². The maximum absolute atomic E-state index is 11.7. The molecule has 0 bridgehead atoms. The van der Waals surface area contributed by atoms with Gasteiger partial charge in [0.1, 0.15) is 0 Å². The van der Waals surface area contributed by atoms with Gasteiger partial charge in [0, 0.05) is 9.75 Å². The second kappa shape index (κ2) is 6.39. The zero-order valence-electron chi connectivity index (χ0n) is 11.5. The fourth-order valence-electron chi connectivity index (χ4n) is 2.29. The number of thiophene rings is 1. The molecule has 0 fully saturated rings. The Balaban J connectivity index is 1.79. The monoisotopic (exact) mass is 282 g/mol. The summed E-state index contributed by atoms with van der Waals surface area (Å²) in [6.45, 7) is 4.49. The molecule has 2 amide bonds. The van der Waals surface area contributed by atoms with Gasteiger partial charge in [-0.2, -0.15) is 0 Å². The second-order valence-electron chi connectivity index (χ2n) is 5.37. The maximum atomic E-state index is 11.7. The third kappa shape index (κ3) is 3.70. The molecule has 4 nitrogen and oxygen atoms in total. The van der Waals surface area contributed by atoms with Gasteiger partial charge in [-0.25, -0.2) is 4.79 Å². The lowest BCUT2D eigenvalue weighted by Gasteiger charge is -2.19. The zero-order valence-corrected chi connectivity index (χ0v) is 12.3. The molecule has 0 spiro atoms. The van der Waals surface area contributed by atoms with Crippen LogP contribution in [0, 0.1) is 5.92 Å². The number of urea groups is 1. The van der Waals surface area contributed by atoms with Crippen LogP contribution in [-0.4, -0.2) is 23.8 Å². The van der Waals surface area contributed by atoms with Gasteiger partial charge in [-0.1, -0.05) is 13.8 Å². The van der Waals surface area contributed by atoms with E-state index in [9.17, 15) is 4.79 Å². The molecule has 0 aliphatic heterocycles. The number of rotatable bonds is 5. The van der Waals surface area contributed by atoms with Crippen molar-refractivity contribution in [1.82, 2.24) is 10.6 Å². The summed E-state index contributed by atoms with van der Waals surface area (Å²) < 4.78 is 0. The van der Waals surface area contributed by atoms with Crippen LogP contribution in [0.4, 0.5) is 4.79 Å². The van der Waals surface area contributed by atoms with Crippen molar-refractivity contribution in [3.8, 4) is 0 Å². The Hall–Kier alpha value is -1.07. The van der Waals surface area contributed by atoms with Crippen LogP contribution in [0.2, 0.25) is 0 Å². The van der Waals surface area contributed by atoms with E-state index in [1.807, 2.05) is 13.8 Å². The number of hydrogen-bond donors (Lipinski definition) is 3. The Morgan fingerprint density at radius 2 is 2.26 bits per heavy atom. The van der Waals surface area contributed by atoms with Gasteiger partial charge in [0.15, 0.2) is 0 Å². The van der Waals surface area contributed by atoms with Crippen LogP contribution in [0.15, 0.2) is 6.07 Å². The van der Waals surface area contributed by atoms with E-state index in [0.717, 1.165) is 0 Å². The summed E-state index contributed by atoms with van der Waals surface area (Å²) in [6, 6.07) is 1.81. The molecule has 1 aliphatic rings. The lowest BCUT2D eigenvalue weighted by molar-refractivity contribution is 0.198. The second-order valence-corrected chi connectivity index (χ2v) is 6.60. The first kappa shape index (κ1) is 14.3. The Bertz CT molecular complexity index is 421. The summed E-state index contributed by atoms with van der Waals surface area (Å²) in [7, 11) is 0. The normalized spacial score (nSPS) is 15.4. The molecule has 1 atom stereocenters. The van der Waals surface area contributed by atoms with Crippen molar-refractivity contribution in [2.75, 3.05) is 6.61 Å². The molecule has 1 aliphatic carbocycles. The average molecular weight is 282 g/mol. The van der Waals surface area contributed by atoms with Crippen molar-refractivity contribution in [2.24, 2.45) is 5.92 Å². The summed E-state index contributed by atoms with van der Waals surface area (Å²) >= 11 is 1.80. The molecule has 0 saturated carbocycles. The molecule has 0 saturated heterocycles. The fourth-order valence-corrected chi connectivity index (χ4v) is 3.49. The van der Waals surface area contributed by atoms with Gasteiger partial charge < -0.3 is 15.7 Å². The molecule has 0 unspecified atom stereocenters. The highest BCUT2D eigenvalue weighted by molar-refractivity contribution is 7.12. The van der Waals surface area contributed by atoms with Gasteiger partial charge in [-0.15, -0.1) is 11.3 Å². The third-order valence-corrected chi connectivity index (χ3v) is 4.78. The SMILES string of the molecule is CC(C)[C@@H](CO)NC(=O)NCc1cc2c(s1)CCC2. The standard InChI is InChI=1S/C14H22N2O2S/c1-9(2)12(8-17)16-14(18)15-7-11-6-10-4-3-5-13(10)19-11/h6,9,12,17H,3-5,7-8H2,1-2H3,(H2,15,16,18)/t12-/m1/s1. The average Bonchev–Trinajstić information content (AvgIpc) is 2.93. The Kier molecular flexibility index (Phi) is 4.82. The van der Waals surface area contributed by atoms with E-state index in [1.165, 1.54) is 34.6 Å². The highest BCUT2D eigenvalue weighted by atomic mass is 32.1. The number of aliphatic hydroxyl groups is 1. The van der Waals surface area contributed by atoms with Gasteiger partial charge >= 0.3 is 6.03 Å². The summed E-state index contributed by atoms with van der Waals surface area (Å²) in [5.74, 6) is 0.223. The number of aryl methyl sites for hydroxylation is 2. The third-order valence-electron chi connectivity index (χ3n) is 3.54. The lowest BCUT2D eigenvalue weighted by Crippen LogP contribution is -2.46. The van der Waals surface area contributed by atoms with E-state index in [0.29, 0.717) is 6.54 Å². The highest BCUT2D eigenvalue weighted by Gasteiger charge is 2.17. The number of aliphatic hydroxyl groups excluding tert-OH is 1. The van der Waals surface area contributed by atoms with Crippen molar-refractivity contribution in [2.45, 2.75) is 45.7 Å². The predicted molar refractivity (Wildman–Crippen MR) is 77.4 cm³/mol. The number of nitrogens with one attached hydrogen (secondary N) is 2. The summed E-state index contributed by atoms with van der Waals surface area (Å²) in [5, 5.41) is 14.8. The molecule has 5 heteroatoms. The van der Waals surface area contributed by atoms with Crippen molar-refractivity contribution in [3.05, 3.63) is 21.4 Å². The summed E-state index contributed by atoms with van der Waals surface area (Å²) in [6.07, 6.45) is 3.63. The van der Waals surface area contributed by atoms with Crippen LogP contribution in [-0.2, 0) is 19.4 Å². The molecule has 3 N–H and O–H groups in total. The Labute approximate surface area is 118 Å². The van der Waals surface area contributed by atoms with Gasteiger partial charge in [0.25, 0.3) is 0 Å². The zero-order chi connectivity index (χ0) is 13.8. The van der Waals surface area contributed by atoms with Crippen molar-refractivity contribution >= 4 is 17.4 Å². The first-order valence-electron chi connectivity index (χ1n) is 6.86. The van der Waals surface area contributed by atoms with E-state index in [2.05, 4.69) is 16.7 Å². The molecule has 1 aromatic rings. The lowest BCUT2D eigenvalue weighted by atomic mass is 10.1. The minimum absolute atomic E-state index is 0.0294. The number of carbonyl (C=O) groups is 1. The molecule has 1 heterocycles. The minimum atomic E-state index is -0.207. The Morgan fingerprint density at radius 3 is 2.89 bits per heavy atom. The smallest absolute Gasteiger partial charge is 0.315 e. The fraction of sp³-hybridized carbons (Fsp3) is 0.643. The van der Waals surface area contributed by atoms with Crippen molar-refractivity contribution < 1.29 is 9.90 Å². The first-order valence-corrected chi connectivity index (χ1v) is 7.67. The van der Waals surface area contributed by atoms with E-state index in [1.54, 1.807) is 11.3 Å². The van der Waals surface area contributed by atoms with Crippen molar-refractivity contribution in [3.63, 3.8) is 0 Å². The maximum Gasteiger partial charge on any atom is 0.315 e. The molecular weight excluding hydrogens is 260 g/mol. The van der Waals surface area contributed by atoms with Gasteiger partial charge in [-0.05, 0) is 36.8 Å². The molecule has 106 valence electrons. The molecule has 2 rings (SSSR count). The summed E-state index contributed by atoms with van der Waals surface area (Å²) in [5.41, 5.74) is 1.46. The minimum Gasteiger partial charge on any atom is -0.394 e. The van der Waals surface area contributed by atoms with Crippen LogP contribution in [0.5, 0.6) is 0 Å². The topological polar surface area (TPSA) is 61.4 Å². The Morgan fingerprint density at radius 1 is 1.47 bits per heavy atom. The van der Waals surface area contributed by atoms with E-state index in [4.69, 9.17) is 5.11 Å². The quantitative estimate of drug-likeness (QED) is 0.774. The van der Waals surface area contributed by atoms with Gasteiger partial charge in [0.2, 0.25) is 0 Å². The molecule has 0 aromatic carbocycles. The van der Waals surface area contributed by atoms with Gasteiger partial charge in [0.05, 0.1) is 19.2 Å². The number of amides is 2. The highest BCUT2D eigenvalue weighted by Crippen LogP contribution is 2.30. The van der Waals surface area contributed by atoms with Crippen LogP contribution in [0.25, 0.3) is 0 Å². The number of fused-ring (bicyclic) bond motifs is 1. The van der Waals surface area contributed by atoms with E-state index >= 15 is 0 Å². The van der Waals surface area contributed by atoms with Gasteiger partial charge in [-0.3, -0.25) is 0 Å². The molecule has 1 aromatic heterocycles. The predicted octanol–water partition coefficient (Wildman–Crippen LogP) is 2.05. The summed E-state index contributed by atoms with van der Waals surface area (Å²) in [4.78, 5) is 14.4. The number of hydrogen-bond acceptors (Lipinski definition) is 3. The van der Waals surface area contributed by atoms with Crippen LogP contribution < -0.4 is 10.6 Å². The molecule has 19 heavy (non-hydrogen) atoms. The number of carbonyl (C=O) groups excluding carboxylic acids is 1. The van der Waals surface area contributed by atoms with Crippen LogP contribution >= 0.6 is 11.3 Å². The van der Waals surface area contributed by atoms with E-state index < -0.39 is 0 Å². The molecule has 0 radical (unpaired) electrons.